The smallest absolute Gasteiger partial charge is 0.333 e. The number of carbonyl (C=O) groups excluding carboxylic acids is 2. The lowest BCUT2D eigenvalue weighted by molar-refractivity contribution is -0.326. The third kappa shape index (κ3) is 7.41. The van der Waals surface area contributed by atoms with Gasteiger partial charge in [0.05, 0.1) is 19.8 Å². The number of ether oxygens (including phenoxy) is 3. The highest BCUT2D eigenvalue weighted by Crippen LogP contribution is 2.25. The highest BCUT2D eigenvalue weighted by atomic mass is 16.7. The van der Waals surface area contributed by atoms with Crippen LogP contribution in [0.1, 0.15) is 6.92 Å². The van der Waals surface area contributed by atoms with Gasteiger partial charge in [-0.3, -0.25) is 4.79 Å². The van der Waals surface area contributed by atoms with Gasteiger partial charge in [0, 0.05) is 5.57 Å². The zero-order valence-electron chi connectivity index (χ0n) is 17.4. The molecule has 1 saturated heterocycles. The Morgan fingerprint density at radius 2 is 1.72 bits per heavy atom. The summed E-state index contributed by atoms with van der Waals surface area (Å²) in [6, 6.07) is 0. The minimum Gasteiger partial charge on any atom is -0.460 e. The van der Waals surface area contributed by atoms with E-state index >= 15 is 0 Å². The van der Waals surface area contributed by atoms with E-state index in [-0.39, 0.29) is 18.7 Å². The summed E-state index contributed by atoms with van der Waals surface area (Å²) in [4.78, 5) is 23.3. The molecular weight excluding hydrogens is 438 g/mol. The summed E-state index contributed by atoms with van der Waals surface area (Å²) >= 11 is 0. The summed E-state index contributed by atoms with van der Waals surface area (Å²) in [5.41, 5.74) is 0.137. The van der Waals surface area contributed by atoms with Gasteiger partial charge < -0.3 is 60.4 Å². The zero-order chi connectivity index (χ0) is 24.6. The second-order valence-corrected chi connectivity index (χ2v) is 7.19. The van der Waals surface area contributed by atoms with Gasteiger partial charge in [-0.05, 0) is 6.92 Å². The first kappa shape index (κ1) is 28.3. The molecule has 0 radical (unpaired) electrons. The van der Waals surface area contributed by atoms with Crippen molar-refractivity contribution in [1.82, 2.24) is 5.32 Å². The Hall–Kier alpha value is -1.72. The monoisotopic (exact) mass is 469 g/mol. The molecule has 1 aliphatic rings. The molecule has 0 aromatic heterocycles. The minimum absolute atomic E-state index is 0.137. The van der Waals surface area contributed by atoms with E-state index in [0.29, 0.717) is 0 Å². The Morgan fingerprint density at radius 3 is 2.25 bits per heavy atom. The first-order valence-electron chi connectivity index (χ1n) is 9.67. The maximum absolute atomic E-state index is 12.1. The van der Waals surface area contributed by atoms with Crippen molar-refractivity contribution in [2.45, 2.75) is 62.0 Å². The van der Waals surface area contributed by atoms with Crippen molar-refractivity contribution in [3.05, 3.63) is 12.2 Å². The zero-order valence-corrected chi connectivity index (χ0v) is 17.4. The molecule has 186 valence electrons. The Morgan fingerprint density at radius 1 is 1.09 bits per heavy atom. The topological polar surface area (TPSA) is 236 Å². The van der Waals surface area contributed by atoms with Gasteiger partial charge in [0.1, 0.15) is 49.3 Å². The molecular formula is C18H31NO13. The Kier molecular flexibility index (Phi) is 11.6. The lowest BCUT2D eigenvalue weighted by Crippen LogP contribution is -2.62. The van der Waals surface area contributed by atoms with Crippen molar-refractivity contribution in [2.75, 3.05) is 26.4 Å². The van der Waals surface area contributed by atoms with Crippen molar-refractivity contribution in [3.63, 3.8) is 0 Å². The van der Waals surface area contributed by atoms with Crippen LogP contribution in [-0.4, -0.2) is 134 Å². The average molecular weight is 469 g/mol. The maximum Gasteiger partial charge on any atom is 0.333 e. The number of rotatable bonds is 12. The molecule has 9 N–H and O–H groups in total. The SMILES string of the molecule is C=C(C)C(=O)OCCNC(=O)[C@H](O)[C@@H](O)[C@H](O[C@@H]1O[C@H](CO)[C@@H](O)[C@H](O)[C@H]1O)[C@H](O)CO. The third-order valence-electron chi connectivity index (χ3n) is 4.62. The quantitative estimate of drug-likeness (QED) is 0.0737. The predicted octanol–water partition coefficient (Wildman–Crippen LogP) is -5.52. The van der Waals surface area contributed by atoms with Crippen LogP contribution in [0.25, 0.3) is 0 Å². The normalized spacial score (nSPS) is 29.5. The molecule has 1 fully saturated rings. The molecule has 0 aliphatic carbocycles. The third-order valence-corrected chi connectivity index (χ3v) is 4.62. The van der Waals surface area contributed by atoms with Gasteiger partial charge in [0.25, 0.3) is 5.91 Å². The van der Waals surface area contributed by atoms with Crippen molar-refractivity contribution < 1.29 is 64.7 Å². The van der Waals surface area contributed by atoms with Crippen molar-refractivity contribution in [2.24, 2.45) is 0 Å². The average Bonchev–Trinajstić information content (AvgIpc) is 2.77. The molecule has 9 atom stereocenters. The van der Waals surface area contributed by atoms with Crippen LogP contribution < -0.4 is 5.32 Å². The van der Waals surface area contributed by atoms with Gasteiger partial charge in [-0.25, -0.2) is 4.79 Å². The Bertz CT molecular complexity index is 630. The summed E-state index contributed by atoms with van der Waals surface area (Å²) < 4.78 is 15.0. The molecule has 1 aliphatic heterocycles. The number of aliphatic hydroxyl groups excluding tert-OH is 8. The van der Waals surface area contributed by atoms with E-state index in [4.69, 9.17) is 14.2 Å². The highest BCUT2D eigenvalue weighted by Gasteiger charge is 2.47. The van der Waals surface area contributed by atoms with Crippen LogP contribution in [0.3, 0.4) is 0 Å². The largest absolute Gasteiger partial charge is 0.460 e. The van der Waals surface area contributed by atoms with E-state index in [1.165, 1.54) is 6.92 Å². The number of hydrogen-bond donors (Lipinski definition) is 9. The van der Waals surface area contributed by atoms with Crippen LogP contribution in [0, 0.1) is 0 Å². The molecule has 14 heteroatoms. The predicted molar refractivity (Wildman–Crippen MR) is 103 cm³/mol. The van der Waals surface area contributed by atoms with E-state index < -0.39 is 80.2 Å². The van der Waals surface area contributed by atoms with E-state index in [0.717, 1.165) is 0 Å². The number of carbonyl (C=O) groups is 2. The first-order chi connectivity index (χ1) is 15.0. The fourth-order valence-electron chi connectivity index (χ4n) is 2.72. The Balaban J connectivity index is 2.78. The summed E-state index contributed by atoms with van der Waals surface area (Å²) in [6.07, 6.45) is -16.8. The standard InChI is InChI=1S/C18H31NO13/c1-7(2)17(29)30-4-3-19-16(28)13(26)12(25)15(8(22)5-20)32-18-14(27)11(24)10(23)9(6-21)31-18/h8-15,18,20-27H,1,3-6H2,2H3,(H,19,28)/t8-,9-,10-,11+,12-,13-,14-,15-,18+/m1/s1. The van der Waals surface area contributed by atoms with Crippen molar-refractivity contribution in [3.8, 4) is 0 Å². The van der Waals surface area contributed by atoms with Crippen LogP contribution in [-0.2, 0) is 23.8 Å². The lowest BCUT2D eigenvalue weighted by atomic mass is 9.98. The van der Waals surface area contributed by atoms with Gasteiger partial charge in [-0.2, -0.15) is 0 Å². The molecule has 0 aromatic carbocycles. The summed E-state index contributed by atoms with van der Waals surface area (Å²) in [6.45, 7) is 2.53. The number of hydrogen-bond acceptors (Lipinski definition) is 13. The molecule has 0 unspecified atom stereocenters. The van der Waals surface area contributed by atoms with E-state index in [1.54, 1.807) is 0 Å². The second kappa shape index (κ2) is 13.1. The molecule has 1 amide bonds. The molecule has 1 heterocycles. The van der Waals surface area contributed by atoms with Gasteiger partial charge in [0.2, 0.25) is 0 Å². The van der Waals surface area contributed by atoms with Crippen LogP contribution in [0.15, 0.2) is 12.2 Å². The van der Waals surface area contributed by atoms with E-state index in [9.17, 15) is 50.4 Å². The number of aliphatic hydroxyl groups is 8. The molecule has 32 heavy (non-hydrogen) atoms. The first-order valence-corrected chi connectivity index (χ1v) is 9.67. The maximum atomic E-state index is 12.1. The fourth-order valence-corrected chi connectivity index (χ4v) is 2.72. The van der Waals surface area contributed by atoms with Crippen LogP contribution in [0.4, 0.5) is 0 Å². The van der Waals surface area contributed by atoms with Crippen molar-refractivity contribution in [1.29, 1.82) is 0 Å². The number of amides is 1. The number of nitrogens with one attached hydrogen (secondary N) is 1. The summed E-state index contributed by atoms with van der Waals surface area (Å²) in [5.74, 6) is -1.84. The Labute approximate surface area is 183 Å². The number of esters is 1. The van der Waals surface area contributed by atoms with Crippen LogP contribution in [0.5, 0.6) is 0 Å². The fraction of sp³-hybridized carbons (Fsp3) is 0.778. The van der Waals surface area contributed by atoms with Crippen LogP contribution in [0.2, 0.25) is 0 Å². The van der Waals surface area contributed by atoms with Crippen LogP contribution >= 0.6 is 0 Å². The van der Waals surface area contributed by atoms with Gasteiger partial charge in [0.15, 0.2) is 12.4 Å². The summed E-state index contributed by atoms with van der Waals surface area (Å²) in [7, 11) is 0. The molecule has 1 rings (SSSR count). The van der Waals surface area contributed by atoms with Gasteiger partial charge in [-0.1, -0.05) is 6.58 Å². The van der Waals surface area contributed by atoms with Gasteiger partial charge >= 0.3 is 5.97 Å². The van der Waals surface area contributed by atoms with Gasteiger partial charge in [-0.15, -0.1) is 0 Å². The van der Waals surface area contributed by atoms with Crippen molar-refractivity contribution >= 4 is 11.9 Å². The summed E-state index contributed by atoms with van der Waals surface area (Å²) in [5, 5.41) is 80.6. The molecule has 0 bridgehead atoms. The molecule has 0 saturated carbocycles. The molecule has 14 nitrogen and oxygen atoms in total. The highest BCUT2D eigenvalue weighted by molar-refractivity contribution is 5.87. The van der Waals surface area contributed by atoms with E-state index in [1.807, 2.05) is 0 Å². The van der Waals surface area contributed by atoms with E-state index in [2.05, 4.69) is 11.9 Å². The molecule has 0 spiro atoms. The second-order valence-electron chi connectivity index (χ2n) is 7.19. The lowest BCUT2D eigenvalue weighted by Gasteiger charge is -2.42. The molecule has 0 aromatic rings. The minimum atomic E-state index is -2.21.